The number of piperazine rings is 1. The number of nitrogens with zero attached hydrogens (tertiary/aromatic N) is 1. The van der Waals surface area contributed by atoms with E-state index in [4.69, 9.17) is 15.2 Å². The third kappa shape index (κ3) is 1.95. The second kappa shape index (κ2) is 4.57. The lowest BCUT2D eigenvalue weighted by Gasteiger charge is -2.35. The van der Waals surface area contributed by atoms with Crippen molar-refractivity contribution in [3.8, 4) is 11.5 Å². The van der Waals surface area contributed by atoms with E-state index >= 15 is 0 Å². The van der Waals surface area contributed by atoms with E-state index in [9.17, 15) is 0 Å². The van der Waals surface area contributed by atoms with Gasteiger partial charge in [-0.25, -0.2) is 0 Å². The highest BCUT2D eigenvalue weighted by Gasteiger charge is 2.24. The molecule has 5 nitrogen and oxygen atoms in total. The maximum absolute atomic E-state index is 5.93. The number of nitrogen functional groups attached to an aromatic ring is 1. The Balaban J connectivity index is 1.96. The number of ether oxygens (including phenoxy) is 2. The number of hydrogen-bond donors (Lipinski definition) is 2. The zero-order chi connectivity index (χ0) is 12.5. The minimum atomic E-state index is 0.483. The van der Waals surface area contributed by atoms with Crippen molar-refractivity contribution >= 4 is 11.4 Å². The first-order chi connectivity index (χ1) is 8.75. The molecule has 2 aliphatic heterocycles. The molecular weight excluding hydrogens is 230 g/mol. The number of benzene rings is 1. The van der Waals surface area contributed by atoms with Crippen LogP contribution in [0.5, 0.6) is 11.5 Å². The fourth-order valence-electron chi connectivity index (χ4n) is 2.54. The molecule has 3 rings (SSSR count). The van der Waals surface area contributed by atoms with Gasteiger partial charge >= 0.3 is 0 Å². The van der Waals surface area contributed by atoms with Crippen LogP contribution in [0, 0.1) is 0 Å². The molecule has 0 bridgehead atoms. The summed E-state index contributed by atoms with van der Waals surface area (Å²) in [6.45, 7) is 6.28. The topological polar surface area (TPSA) is 59.8 Å². The van der Waals surface area contributed by atoms with Crippen molar-refractivity contribution in [2.45, 2.75) is 13.0 Å². The molecule has 1 saturated heterocycles. The normalized spacial score (nSPS) is 22.9. The molecule has 0 radical (unpaired) electrons. The van der Waals surface area contributed by atoms with E-state index in [2.05, 4.69) is 17.1 Å². The molecule has 0 spiro atoms. The predicted octanol–water partition coefficient (Wildman–Crippen LogP) is 0.838. The van der Waals surface area contributed by atoms with Crippen molar-refractivity contribution in [1.29, 1.82) is 0 Å². The van der Waals surface area contributed by atoms with Gasteiger partial charge in [0.15, 0.2) is 11.5 Å². The van der Waals surface area contributed by atoms with Crippen molar-refractivity contribution in [2.24, 2.45) is 0 Å². The Morgan fingerprint density at radius 3 is 2.83 bits per heavy atom. The second-order valence-electron chi connectivity index (χ2n) is 4.83. The van der Waals surface area contributed by atoms with Crippen LogP contribution < -0.4 is 25.4 Å². The van der Waals surface area contributed by atoms with Crippen LogP contribution in [0.15, 0.2) is 12.1 Å². The van der Waals surface area contributed by atoms with Gasteiger partial charge in [-0.05, 0) is 19.1 Å². The summed E-state index contributed by atoms with van der Waals surface area (Å²) in [4.78, 5) is 2.33. The van der Waals surface area contributed by atoms with Crippen LogP contribution in [0.2, 0.25) is 0 Å². The van der Waals surface area contributed by atoms with E-state index in [1.165, 1.54) is 0 Å². The van der Waals surface area contributed by atoms with E-state index in [1.807, 2.05) is 12.1 Å². The first-order valence-corrected chi connectivity index (χ1v) is 6.42. The molecule has 0 aliphatic carbocycles. The van der Waals surface area contributed by atoms with E-state index < -0.39 is 0 Å². The van der Waals surface area contributed by atoms with Gasteiger partial charge in [0.1, 0.15) is 13.2 Å². The SMILES string of the molecule is CC1CN(c2ccc(N)c3c2OCCO3)CCN1. The van der Waals surface area contributed by atoms with Gasteiger partial charge in [-0.1, -0.05) is 0 Å². The summed E-state index contributed by atoms with van der Waals surface area (Å²) in [5, 5.41) is 3.43. The van der Waals surface area contributed by atoms with Crippen molar-refractivity contribution in [3.63, 3.8) is 0 Å². The summed E-state index contributed by atoms with van der Waals surface area (Å²) in [5.41, 5.74) is 7.67. The molecular formula is C13H19N3O2. The molecule has 1 aromatic carbocycles. The monoisotopic (exact) mass is 249 g/mol. The van der Waals surface area contributed by atoms with Gasteiger partial charge in [-0.15, -0.1) is 0 Å². The molecule has 1 fully saturated rings. The number of hydrogen-bond acceptors (Lipinski definition) is 5. The summed E-state index contributed by atoms with van der Waals surface area (Å²) in [6, 6.07) is 4.41. The summed E-state index contributed by atoms with van der Waals surface area (Å²) < 4.78 is 11.4. The average Bonchev–Trinajstić information content (AvgIpc) is 2.39. The summed E-state index contributed by atoms with van der Waals surface area (Å²) in [5.74, 6) is 1.50. The minimum absolute atomic E-state index is 0.483. The minimum Gasteiger partial charge on any atom is -0.484 e. The third-order valence-corrected chi connectivity index (χ3v) is 3.41. The molecule has 3 N–H and O–H groups in total. The lowest BCUT2D eigenvalue weighted by atomic mass is 10.1. The zero-order valence-electron chi connectivity index (χ0n) is 10.6. The third-order valence-electron chi connectivity index (χ3n) is 3.41. The molecule has 98 valence electrons. The standard InChI is InChI=1S/C13H19N3O2/c1-9-8-16(5-4-15-9)11-3-2-10(14)12-13(11)18-7-6-17-12/h2-3,9,15H,4-8,14H2,1H3. The number of anilines is 2. The van der Waals surface area contributed by atoms with Crippen LogP contribution in [0.1, 0.15) is 6.92 Å². The number of nitrogens with one attached hydrogen (secondary N) is 1. The maximum atomic E-state index is 5.93. The summed E-state index contributed by atoms with van der Waals surface area (Å²) in [7, 11) is 0. The van der Waals surface area contributed by atoms with Crippen LogP contribution in [-0.4, -0.2) is 38.9 Å². The van der Waals surface area contributed by atoms with Gasteiger partial charge < -0.3 is 25.4 Å². The number of rotatable bonds is 1. The van der Waals surface area contributed by atoms with Gasteiger partial charge in [-0.3, -0.25) is 0 Å². The maximum Gasteiger partial charge on any atom is 0.186 e. The van der Waals surface area contributed by atoms with Crippen LogP contribution in [0.3, 0.4) is 0 Å². The molecule has 0 saturated carbocycles. The Morgan fingerprint density at radius 1 is 1.28 bits per heavy atom. The highest BCUT2D eigenvalue weighted by atomic mass is 16.6. The average molecular weight is 249 g/mol. The van der Waals surface area contributed by atoms with Crippen LogP contribution >= 0.6 is 0 Å². The fraction of sp³-hybridized carbons (Fsp3) is 0.538. The predicted molar refractivity (Wildman–Crippen MR) is 71.5 cm³/mol. The molecule has 1 atom stereocenters. The molecule has 5 heteroatoms. The molecule has 2 aliphatic rings. The van der Waals surface area contributed by atoms with E-state index in [-0.39, 0.29) is 0 Å². The van der Waals surface area contributed by atoms with E-state index in [0.29, 0.717) is 30.7 Å². The van der Waals surface area contributed by atoms with E-state index in [0.717, 1.165) is 31.1 Å². The van der Waals surface area contributed by atoms with E-state index in [1.54, 1.807) is 0 Å². The van der Waals surface area contributed by atoms with Crippen molar-refractivity contribution in [1.82, 2.24) is 5.32 Å². The lowest BCUT2D eigenvalue weighted by molar-refractivity contribution is 0.173. The Labute approximate surface area is 107 Å². The smallest absolute Gasteiger partial charge is 0.186 e. The highest BCUT2D eigenvalue weighted by molar-refractivity contribution is 5.74. The Bertz CT molecular complexity index is 450. The second-order valence-corrected chi connectivity index (χ2v) is 4.83. The quantitative estimate of drug-likeness (QED) is 0.722. The molecule has 1 unspecified atom stereocenters. The van der Waals surface area contributed by atoms with Crippen molar-refractivity contribution < 1.29 is 9.47 Å². The summed E-state index contributed by atoms with van der Waals surface area (Å²) in [6.07, 6.45) is 0. The van der Waals surface area contributed by atoms with Crippen molar-refractivity contribution in [3.05, 3.63) is 12.1 Å². The van der Waals surface area contributed by atoms with Gasteiger partial charge in [-0.2, -0.15) is 0 Å². The molecule has 2 heterocycles. The molecule has 18 heavy (non-hydrogen) atoms. The first kappa shape index (κ1) is 11.5. The Hall–Kier alpha value is -1.62. The van der Waals surface area contributed by atoms with Crippen LogP contribution in [-0.2, 0) is 0 Å². The Kier molecular flexibility index (Phi) is 2.91. The highest BCUT2D eigenvalue weighted by Crippen LogP contribution is 2.43. The Morgan fingerprint density at radius 2 is 2.06 bits per heavy atom. The molecule has 0 aromatic heterocycles. The number of fused-ring (bicyclic) bond motifs is 1. The summed E-state index contributed by atoms with van der Waals surface area (Å²) >= 11 is 0. The van der Waals surface area contributed by atoms with Gasteiger partial charge in [0, 0.05) is 25.7 Å². The van der Waals surface area contributed by atoms with Gasteiger partial charge in [0.25, 0.3) is 0 Å². The largest absolute Gasteiger partial charge is 0.484 e. The van der Waals surface area contributed by atoms with Gasteiger partial charge in [0.05, 0.1) is 11.4 Å². The van der Waals surface area contributed by atoms with Crippen LogP contribution in [0.25, 0.3) is 0 Å². The lowest BCUT2D eigenvalue weighted by Crippen LogP contribution is -2.49. The zero-order valence-corrected chi connectivity index (χ0v) is 10.6. The van der Waals surface area contributed by atoms with Crippen molar-refractivity contribution in [2.75, 3.05) is 43.5 Å². The first-order valence-electron chi connectivity index (χ1n) is 6.42. The van der Waals surface area contributed by atoms with Crippen LogP contribution in [0.4, 0.5) is 11.4 Å². The van der Waals surface area contributed by atoms with Gasteiger partial charge in [0.2, 0.25) is 0 Å². The molecule has 1 aromatic rings. The number of nitrogens with two attached hydrogens (primary N) is 1. The fourth-order valence-corrected chi connectivity index (χ4v) is 2.54. The molecule has 0 amide bonds.